The van der Waals surface area contributed by atoms with Crippen LogP contribution < -0.4 is 0 Å². The first-order valence-electron chi connectivity index (χ1n) is 6.33. The lowest BCUT2D eigenvalue weighted by atomic mass is 9.75. The van der Waals surface area contributed by atoms with Crippen LogP contribution in [-0.4, -0.2) is 22.8 Å². The number of piperidine rings is 1. The summed E-state index contributed by atoms with van der Waals surface area (Å²) >= 11 is 0. The van der Waals surface area contributed by atoms with Gasteiger partial charge in [-0.25, -0.2) is 0 Å². The van der Waals surface area contributed by atoms with Gasteiger partial charge in [0, 0.05) is 24.7 Å². The molecule has 82 valence electrons. The largest absolute Gasteiger partial charge is 0.371 e. The average molecular weight is 205 g/mol. The zero-order valence-corrected chi connectivity index (χ0v) is 9.19. The molecule has 2 fully saturated rings. The van der Waals surface area contributed by atoms with Crippen LogP contribution in [0, 0.1) is 5.92 Å². The maximum atomic E-state index is 11.4. The predicted molar refractivity (Wildman–Crippen MR) is 59.4 cm³/mol. The Kier molecular flexibility index (Phi) is 2.30. The molecule has 15 heavy (non-hydrogen) atoms. The lowest BCUT2D eigenvalue weighted by Crippen LogP contribution is -2.51. The van der Waals surface area contributed by atoms with E-state index in [2.05, 4.69) is 11.1 Å². The summed E-state index contributed by atoms with van der Waals surface area (Å²) in [4.78, 5) is 13.9. The Bertz CT molecular complexity index is 297. The maximum absolute atomic E-state index is 11.4. The Morgan fingerprint density at radius 2 is 2.00 bits per heavy atom. The fourth-order valence-electron chi connectivity index (χ4n) is 3.65. The van der Waals surface area contributed by atoms with E-state index in [-0.39, 0.29) is 0 Å². The van der Waals surface area contributed by atoms with Gasteiger partial charge in [-0.2, -0.15) is 0 Å². The Labute approximate surface area is 91.3 Å². The van der Waals surface area contributed by atoms with Gasteiger partial charge in [0.1, 0.15) is 0 Å². The number of nitrogens with zero attached hydrogens (tertiary/aromatic N) is 1. The van der Waals surface area contributed by atoms with Gasteiger partial charge in [-0.15, -0.1) is 0 Å². The zero-order chi connectivity index (χ0) is 10.3. The highest BCUT2D eigenvalue weighted by molar-refractivity contribution is 5.90. The topological polar surface area (TPSA) is 20.3 Å². The second-order valence-electron chi connectivity index (χ2n) is 5.28. The summed E-state index contributed by atoms with van der Waals surface area (Å²) in [5.74, 6) is 1.23. The van der Waals surface area contributed by atoms with Gasteiger partial charge in [0.25, 0.3) is 0 Å². The summed E-state index contributed by atoms with van der Waals surface area (Å²) in [6.45, 7) is 0. The minimum atomic E-state index is 0.325. The molecule has 0 unspecified atom stereocenters. The second-order valence-corrected chi connectivity index (χ2v) is 5.28. The number of rotatable bonds is 0. The molecule has 1 saturated heterocycles. The van der Waals surface area contributed by atoms with Gasteiger partial charge >= 0.3 is 0 Å². The van der Waals surface area contributed by atoms with E-state index in [9.17, 15) is 4.79 Å². The molecule has 2 heterocycles. The number of hydrogen-bond acceptors (Lipinski definition) is 2. The first-order chi connectivity index (χ1) is 7.34. The quantitative estimate of drug-likeness (QED) is 0.605. The van der Waals surface area contributed by atoms with Crippen LogP contribution in [0.1, 0.15) is 44.9 Å². The number of hydrogen-bond donors (Lipinski definition) is 0. The first-order valence-corrected chi connectivity index (χ1v) is 6.33. The molecule has 0 spiro atoms. The van der Waals surface area contributed by atoms with Gasteiger partial charge in [-0.05, 0) is 37.7 Å². The summed E-state index contributed by atoms with van der Waals surface area (Å²) in [6, 6.07) is 1.28. The summed E-state index contributed by atoms with van der Waals surface area (Å²) in [5.41, 5.74) is 0. The number of ketones is 1. The molecule has 0 aromatic carbocycles. The van der Waals surface area contributed by atoms with Crippen LogP contribution in [0.4, 0.5) is 0 Å². The van der Waals surface area contributed by atoms with Gasteiger partial charge in [0.05, 0.1) is 0 Å². The minimum Gasteiger partial charge on any atom is -0.371 e. The summed E-state index contributed by atoms with van der Waals surface area (Å²) in [7, 11) is 0. The summed E-state index contributed by atoms with van der Waals surface area (Å²) < 4.78 is 0. The molecular formula is C13H19NO. The molecule has 2 heteroatoms. The van der Waals surface area contributed by atoms with Crippen molar-refractivity contribution in [1.82, 2.24) is 4.90 Å². The highest BCUT2D eigenvalue weighted by Gasteiger charge is 2.38. The third-order valence-electron chi connectivity index (χ3n) is 4.41. The lowest BCUT2D eigenvalue weighted by molar-refractivity contribution is -0.117. The molecule has 0 amide bonds. The van der Waals surface area contributed by atoms with Crippen molar-refractivity contribution < 1.29 is 4.79 Å². The minimum absolute atomic E-state index is 0.325. The Morgan fingerprint density at radius 3 is 2.93 bits per heavy atom. The van der Waals surface area contributed by atoms with E-state index in [1.807, 2.05) is 0 Å². The molecule has 0 radical (unpaired) electrons. The van der Waals surface area contributed by atoms with Gasteiger partial charge in [0.15, 0.2) is 5.78 Å². The van der Waals surface area contributed by atoms with Crippen LogP contribution in [0.15, 0.2) is 12.3 Å². The molecule has 3 aliphatic rings. The number of fused-ring (bicyclic) bond motifs is 3. The van der Waals surface area contributed by atoms with Crippen LogP contribution in [0.2, 0.25) is 0 Å². The lowest BCUT2D eigenvalue weighted by Gasteiger charge is -2.49. The van der Waals surface area contributed by atoms with Crippen molar-refractivity contribution in [1.29, 1.82) is 0 Å². The third kappa shape index (κ3) is 1.60. The standard InChI is InChI=1S/C13H19NO/c15-12-7-8-14-11(9-12)6-5-10-3-1-2-4-13(10)14/h7-8,10-11,13H,1-6,9H2/t10-,11-,13+/m0/s1. The molecule has 2 aliphatic heterocycles. The van der Waals surface area contributed by atoms with Crippen molar-refractivity contribution in [2.75, 3.05) is 0 Å². The van der Waals surface area contributed by atoms with Gasteiger partial charge < -0.3 is 4.90 Å². The molecule has 1 saturated carbocycles. The number of allylic oxidation sites excluding steroid dienone is 1. The molecule has 1 aliphatic carbocycles. The molecule has 0 bridgehead atoms. The van der Waals surface area contributed by atoms with E-state index in [4.69, 9.17) is 0 Å². The van der Waals surface area contributed by atoms with Crippen molar-refractivity contribution in [3.05, 3.63) is 12.3 Å². The van der Waals surface area contributed by atoms with E-state index in [0.717, 1.165) is 18.4 Å². The normalized spacial score (nSPS) is 39.9. The highest BCUT2D eigenvalue weighted by atomic mass is 16.1. The highest BCUT2D eigenvalue weighted by Crippen LogP contribution is 2.39. The van der Waals surface area contributed by atoms with Gasteiger partial charge in [0.2, 0.25) is 0 Å². The van der Waals surface area contributed by atoms with Gasteiger partial charge in [-0.1, -0.05) is 12.8 Å². The van der Waals surface area contributed by atoms with E-state index in [0.29, 0.717) is 11.8 Å². The molecule has 0 aromatic heterocycles. The molecule has 0 N–H and O–H groups in total. The van der Waals surface area contributed by atoms with Gasteiger partial charge in [-0.3, -0.25) is 4.79 Å². The van der Waals surface area contributed by atoms with Crippen molar-refractivity contribution >= 4 is 5.78 Å². The molecule has 0 aromatic rings. The maximum Gasteiger partial charge on any atom is 0.159 e. The summed E-state index contributed by atoms with van der Waals surface area (Å²) in [6.07, 6.45) is 12.8. The molecule has 2 nitrogen and oxygen atoms in total. The SMILES string of the molecule is O=C1C=CN2[C@@H](CC[C@@H]3CCCC[C@H]32)C1. The van der Waals surface area contributed by atoms with Crippen LogP contribution in [0.5, 0.6) is 0 Å². The number of carbonyl (C=O) groups excluding carboxylic acids is 1. The fourth-order valence-corrected chi connectivity index (χ4v) is 3.65. The monoisotopic (exact) mass is 205 g/mol. The van der Waals surface area contributed by atoms with Crippen molar-refractivity contribution in [2.45, 2.75) is 57.0 Å². The first kappa shape index (κ1) is 9.44. The van der Waals surface area contributed by atoms with Crippen LogP contribution in [0.25, 0.3) is 0 Å². The molecule has 3 atom stereocenters. The van der Waals surface area contributed by atoms with E-state index in [1.54, 1.807) is 6.08 Å². The van der Waals surface area contributed by atoms with E-state index < -0.39 is 0 Å². The van der Waals surface area contributed by atoms with Crippen LogP contribution >= 0.6 is 0 Å². The Hall–Kier alpha value is -0.790. The van der Waals surface area contributed by atoms with Crippen molar-refractivity contribution in [3.63, 3.8) is 0 Å². The van der Waals surface area contributed by atoms with Crippen LogP contribution in [-0.2, 0) is 4.79 Å². The van der Waals surface area contributed by atoms with E-state index in [1.165, 1.54) is 38.5 Å². The number of carbonyl (C=O) groups is 1. The Balaban J connectivity index is 1.82. The zero-order valence-electron chi connectivity index (χ0n) is 9.19. The second kappa shape index (κ2) is 3.66. The molecular weight excluding hydrogens is 186 g/mol. The smallest absolute Gasteiger partial charge is 0.159 e. The fraction of sp³-hybridized carbons (Fsp3) is 0.769. The van der Waals surface area contributed by atoms with Crippen molar-refractivity contribution in [2.24, 2.45) is 5.92 Å². The van der Waals surface area contributed by atoms with Crippen LogP contribution in [0.3, 0.4) is 0 Å². The predicted octanol–water partition coefficient (Wildman–Crippen LogP) is 2.50. The average Bonchev–Trinajstić information content (AvgIpc) is 2.28. The van der Waals surface area contributed by atoms with E-state index >= 15 is 0 Å². The molecule has 3 rings (SSSR count). The Morgan fingerprint density at radius 1 is 1.13 bits per heavy atom. The summed E-state index contributed by atoms with van der Waals surface area (Å²) in [5, 5.41) is 0. The van der Waals surface area contributed by atoms with Crippen molar-refractivity contribution in [3.8, 4) is 0 Å². The third-order valence-corrected chi connectivity index (χ3v) is 4.41.